The number of nitrogens with two attached hydrogens (primary N) is 2. The molecular formula is C8H18N6. The first kappa shape index (κ1) is 10.8. The van der Waals surface area contributed by atoms with Crippen LogP contribution in [0.4, 0.5) is 0 Å². The van der Waals surface area contributed by atoms with Gasteiger partial charge in [-0.3, -0.25) is 5.41 Å². The van der Waals surface area contributed by atoms with Gasteiger partial charge in [0.2, 0.25) is 5.96 Å². The van der Waals surface area contributed by atoms with Gasteiger partial charge >= 0.3 is 0 Å². The first-order chi connectivity index (χ1) is 6.49. The summed E-state index contributed by atoms with van der Waals surface area (Å²) in [4.78, 5) is 7.68. The Morgan fingerprint density at radius 1 is 1.50 bits per heavy atom. The lowest BCUT2D eigenvalue weighted by Crippen LogP contribution is -2.52. The smallest absolute Gasteiger partial charge is 0.221 e. The van der Waals surface area contributed by atoms with Crippen LogP contribution in [-0.2, 0) is 0 Å². The third kappa shape index (κ3) is 2.88. The number of aliphatic imine (C=N–C) groups is 1. The lowest BCUT2D eigenvalue weighted by Gasteiger charge is -2.40. The highest BCUT2D eigenvalue weighted by atomic mass is 15.3. The topological polar surface area (TPSA) is 94.7 Å². The SMILES string of the molecule is CN(C)CC1CN(C(=N)N=C(N)N)C1. The van der Waals surface area contributed by atoms with E-state index in [1.807, 2.05) is 19.0 Å². The molecule has 6 heteroatoms. The summed E-state index contributed by atoms with van der Waals surface area (Å²) in [6.45, 7) is 2.78. The summed E-state index contributed by atoms with van der Waals surface area (Å²) in [5.74, 6) is 0.741. The second kappa shape index (κ2) is 4.28. The summed E-state index contributed by atoms with van der Waals surface area (Å²) in [5.41, 5.74) is 10.4. The van der Waals surface area contributed by atoms with E-state index in [2.05, 4.69) is 9.89 Å². The number of nitrogens with zero attached hydrogens (tertiary/aromatic N) is 3. The summed E-state index contributed by atoms with van der Waals surface area (Å²) in [5, 5.41) is 7.51. The van der Waals surface area contributed by atoms with Crippen molar-refractivity contribution in [3.8, 4) is 0 Å². The molecule has 80 valence electrons. The van der Waals surface area contributed by atoms with Crippen molar-refractivity contribution >= 4 is 11.9 Å². The highest BCUT2D eigenvalue weighted by molar-refractivity contribution is 5.92. The van der Waals surface area contributed by atoms with Crippen LogP contribution >= 0.6 is 0 Å². The van der Waals surface area contributed by atoms with Gasteiger partial charge in [0.05, 0.1) is 0 Å². The van der Waals surface area contributed by atoms with E-state index in [1.165, 1.54) is 0 Å². The molecule has 0 amide bonds. The Balaban J connectivity index is 2.27. The van der Waals surface area contributed by atoms with Crippen molar-refractivity contribution in [2.24, 2.45) is 22.4 Å². The van der Waals surface area contributed by atoms with Crippen LogP contribution in [-0.4, -0.2) is 55.4 Å². The van der Waals surface area contributed by atoms with E-state index < -0.39 is 0 Å². The van der Waals surface area contributed by atoms with Gasteiger partial charge < -0.3 is 21.3 Å². The third-order valence-corrected chi connectivity index (χ3v) is 2.12. The van der Waals surface area contributed by atoms with Crippen molar-refractivity contribution in [1.82, 2.24) is 9.80 Å². The summed E-state index contributed by atoms with van der Waals surface area (Å²) in [7, 11) is 4.09. The van der Waals surface area contributed by atoms with Gasteiger partial charge in [-0.15, -0.1) is 0 Å². The van der Waals surface area contributed by atoms with Crippen LogP contribution in [0.15, 0.2) is 4.99 Å². The highest BCUT2D eigenvalue weighted by Crippen LogP contribution is 2.16. The van der Waals surface area contributed by atoms with Crippen molar-refractivity contribution in [1.29, 1.82) is 5.41 Å². The standard InChI is InChI=1S/C8H18N6/c1-13(2)3-6-4-14(5-6)8(11)12-7(9)10/h6H,3-5H2,1-2H3,(H5,9,10,11,12). The van der Waals surface area contributed by atoms with Crippen LogP contribution in [0.3, 0.4) is 0 Å². The van der Waals surface area contributed by atoms with Crippen molar-refractivity contribution in [2.75, 3.05) is 33.7 Å². The van der Waals surface area contributed by atoms with Crippen molar-refractivity contribution in [2.45, 2.75) is 0 Å². The molecule has 1 aliphatic rings. The normalized spacial score (nSPS) is 16.6. The molecule has 1 saturated heterocycles. The molecule has 14 heavy (non-hydrogen) atoms. The van der Waals surface area contributed by atoms with Gasteiger partial charge in [-0.25, -0.2) is 0 Å². The van der Waals surface area contributed by atoms with Gasteiger partial charge in [0, 0.05) is 25.6 Å². The fourth-order valence-electron chi connectivity index (χ4n) is 1.57. The summed E-state index contributed by atoms with van der Waals surface area (Å²) in [6.07, 6.45) is 0. The van der Waals surface area contributed by atoms with Crippen LogP contribution in [0, 0.1) is 11.3 Å². The largest absolute Gasteiger partial charge is 0.370 e. The molecule has 0 bridgehead atoms. The predicted octanol–water partition coefficient (Wildman–Crippen LogP) is -1.31. The van der Waals surface area contributed by atoms with Gasteiger partial charge in [-0.2, -0.15) is 4.99 Å². The first-order valence-corrected chi connectivity index (χ1v) is 4.57. The molecule has 1 rings (SSSR count). The molecule has 0 unspecified atom stereocenters. The fourth-order valence-corrected chi connectivity index (χ4v) is 1.57. The molecular weight excluding hydrogens is 180 g/mol. The number of guanidine groups is 2. The van der Waals surface area contributed by atoms with Gasteiger partial charge in [0.15, 0.2) is 5.96 Å². The Hall–Kier alpha value is -1.30. The molecule has 0 radical (unpaired) electrons. The average molecular weight is 198 g/mol. The van der Waals surface area contributed by atoms with Gasteiger partial charge in [0.25, 0.3) is 0 Å². The number of rotatable bonds is 2. The molecule has 0 aromatic carbocycles. The Kier molecular flexibility index (Phi) is 3.29. The maximum absolute atomic E-state index is 7.51. The van der Waals surface area contributed by atoms with Crippen LogP contribution in [0.25, 0.3) is 0 Å². The average Bonchev–Trinajstić information content (AvgIpc) is 1.93. The van der Waals surface area contributed by atoms with Gasteiger partial charge in [-0.1, -0.05) is 0 Å². The molecule has 5 N–H and O–H groups in total. The zero-order chi connectivity index (χ0) is 10.7. The second-order valence-electron chi connectivity index (χ2n) is 3.89. The molecule has 0 aromatic heterocycles. The monoisotopic (exact) mass is 198 g/mol. The van der Waals surface area contributed by atoms with E-state index in [-0.39, 0.29) is 11.9 Å². The van der Waals surface area contributed by atoms with E-state index in [0.29, 0.717) is 5.92 Å². The number of hydrogen-bond donors (Lipinski definition) is 3. The minimum Gasteiger partial charge on any atom is -0.370 e. The molecule has 0 spiro atoms. The van der Waals surface area contributed by atoms with Gasteiger partial charge in [-0.05, 0) is 14.1 Å². The Morgan fingerprint density at radius 3 is 2.50 bits per heavy atom. The number of hydrogen-bond acceptors (Lipinski definition) is 2. The van der Waals surface area contributed by atoms with Gasteiger partial charge in [0.1, 0.15) is 0 Å². The lowest BCUT2D eigenvalue weighted by molar-refractivity contribution is 0.147. The summed E-state index contributed by atoms with van der Waals surface area (Å²) >= 11 is 0. The van der Waals surface area contributed by atoms with E-state index in [9.17, 15) is 0 Å². The van der Waals surface area contributed by atoms with Crippen molar-refractivity contribution in [3.63, 3.8) is 0 Å². The van der Waals surface area contributed by atoms with Crippen molar-refractivity contribution in [3.05, 3.63) is 0 Å². The van der Waals surface area contributed by atoms with Crippen LogP contribution in [0.2, 0.25) is 0 Å². The molecule has 0 aliphatic carbocycles. The van der Waals surface area contributed by atoms with Crippen LogP contribution in [0.1, 0.15) is 0 Å². The zero-order valence-corrected chi connectivity index (χ0v) is 8.70. The molecule has 1 fully saturated rings. The Labute approximate surface area is 84.1 Å². The van der Waals surface area contributed by atoms with Crippen LogP contribution in [0.5, 0.6) is 0 Å². The van der Waals surface area contributed by atoms with Crippen molar-refractivity contribution < 1.29 is 0 Å². The molecule has 1 aliphatic heterocycles. The van der Waals surface area contributed by atoms with E-state index in [4.69, 9.17) is 16.9 Å². The molecule has 0 atom stereocenters. The number of nitrogens with one attached hydrogen (secondary N) is 1. The first-order valence-electron chi connectivity index (χ1n) is 4.57. The molecule has 1 heterocycles. The maximum Gasteiger partial charge on any atom is 0.221 e. The number of likely N-dealkylation sites (tertiary alicyclic amines) is 1. The third-order valence-electron chi connectivity index (χ3n) is 2.12. The Bertz CT molecular complexity index is 236. The lowest BCUT2D eigenvalue weighted by atomic mass is 10.0. The van der Waals surface area contributed by atoms with Crippen LogP contribution < -0.4 is 11.5 Å². The molecule has 0 aromatic rings. The summed E-state index contributed by atoms with van der Waals surface area (Å²) in [6, 6.07) is 0. The quantitative estimate of drug-likeness (QED) is 0.379. The Morgan fingerprint density at radius 2 is 2.07 bits per heavy atom. The second-order valence-corrected chi connectivity index (χ2v) is 3.89. The highest BCUT2D eigenvalue weighted by Gasteiger charge is 2.28. The fraction of sp³-hybridized carbons (Fsp3) is 0.750. The summed E-state index contributed by atoms with van der Waals surface area (Å²) < 4.78 is 0. The zero-order valence-electron chi connectivity index (χ0n) is 8.70. The molecule has 6 nitrogen and oxygen atoms in total. The molecule has 0 saturated carbocycles. The van der Waals surface area contributed by atoms with E-state index in [0.717, 1.165) is 19.6 Å². The van der Waals surface area contributed by atoms with E-state index in [1.54, 1.807) is 0 Å². The maximum atomic E-state index is 7.51. The minimum absolute atomic E-state index is 0.0499. The van der Waals surface area contributed by atoms with E-state index >= 15 is 0 Å². The minimum atomic E-state index is -0.0499. The predicted molar refractivity (Wildman–Crippen MR) is 57.2 cm³/mol.